The lowest BCUT2D eigenvalue weighted by atomic mass is 10.1. The SMILES string of the molecule is C#Cc1ccc(CC(C)N)cn1. The summed E-state index contributed by atoms with van der Waals surface area (Å²) in [6.07, 6.45) is 7.79. The van der Waals surface area contributed by atoms with Crippen LogP contribution in [0.15, 0.2) is 18.3 Å². The van der Waals surface area contributed by atoms with Gasteiger partial charge in [0, 0.05) is 12.2 Å². The maximum absolute atomic E-state index is 5.63. The molecule has 0 radical (unpaired) electrons. The van der Waals surface area contributed by atoms with E-state index in [1.807, 2.05) is 19.1 Å². The van der Waals surface area contributed by atoms with Crippen LogP contribution in [0.3, 0.4) is 0 Å². The lowest BCUT2D eigenvalue weighted by Gasteiger charge is -2.03. The molecular weight excluding hydrogens is 148 g/mol. The highest BCUT2D eigenvalue weighted by atomic mass is 14.7. The van der Waals surface area contributed by atoms with Crippen molar-refractivity contribution < 1.29 is 0 Å². The van der Waals surface area contributed by atoms with E-state index in [4.69, 9.17) is 12.2 Å². The first-order valence-corrected chi connectivity index (χ1v) is 3.89. The molecule has 0 fully saturated rings. The van der Waals surface area contributed by atoms with Gasteiger partial charge in [-0.05, 0) is 25.0 Å². The van der Waals surface area contributed by atoms with E-state index in [0.717, 1.165) is 12.0 Å². The van der Waals surface area contributed by atoms with Crippen molar-refractivity contribution in [2.75, 3.05) is 0 Å². The molecule has 0 spiro atoms. The van der Waals surface area contributed by atoms with Gasteiger partial charge in [0.05, 0.1) is 0 Å². The molecule has 62 valence electrons. The molecule has 1 aromatic heterocycles. The van der Waals surface area contributed by atoms with Crippen LogP contribution in [0.2, 0.25) is 0 Å². The monoisotopic (exact) mass is 160 g/mol. The minimum absolute atomic E-state index is 0.170. The molecule has 0 amide bonds. The summed E-state index contributed by atoms with van der Waals surface area (Å²) >= 11 is 0. The van der Waals surface area contributed by atoms with Crippen LogP contribution in [0.4, 0.5) is 0 Å². The molecule has 1 atom stereocenters. The van der Waals surface area contributed by atoms with Crippen molar-refractivity contribution in [3.63, 3.8) is 0 Å². The van der Waals surface area contributed by atoms with E-state index < -0.39 is 0 Å². The van der Waals surface area contributed by atoms with Crippen LogP contribution < -0.4 is 5.73 Å². The summed E-state index contributed by atoms with van der Waals surface area (Å²) < 4.78 is 0. The summed E-state index contributed by atoms with van der Waals surface area (Å²) in [5.41, 5.74) is 7.43. The van der Waals surface area contributed by atoms with E-state index in [1.165, 1.54) is 0 Å². The maximum atomic E-state index is 5.63. The van der Waals surface area contributed by atoms with Crippen LogP contribution >= 0.6 is 0 Å². The summed E-state index contributed by atoms with van der Waals surface area (Å²) in [6.45, 7) is 1.97. The molecule has 2 heteroatoms. The highest BCUT2D eigenvalue weighted by Crippen LogP contribution is 2.01. The van der Waals surface area contributed by atoms with Gasteiger partial charge in [0.15, 0.2) is 0 Å². The molecule has 2 N–H and O–H groups in total. The Bertz CT molecular complexity index is 280. The predicted molar refractivity (Wildman–Crippen MR) is 49.5 cm³/mol. The van der Waals surface area contributed by atoms with Gasteiger partial charge >= 0.3 is 0 Å². The second-order valence-electron chi connectivity index (χ2n) is 2.88. The first kappa shape index (κ1) is 8.76. The topological polar surface area (TPSA) is 38.9 Å². The normalized spacial score (nSPS) is 12.1. The highest BCUT2D eigenvalue weighted by molar-refractivity contribution is 5.26. The van der Waals surface area contributed by atoms with Gasteiger partial charge in [-0.1, -0.05) is 12.0 Å². The predicted octanol–water partition coefficient (Wildman–Crippen LogP) is 0.953. The molecule has 0 aliphatic heterocycles. The standard InChI is InChI=1S/C10H12N2/c1-3-10-5-4-9(7-12-10)6-8(2)11/h1,4-5,7-8H,6,11H2,2H3. The number of hydrogen-bond acceptors (Lipinski definition) is 2. The Balaban J connectivity index is 2.73. The minimum atomic E-state index is 0.170. The van der Waals surface area contributed by atoms with Crippen molar-refractivity contribution in [2.45, 2.75) is 19.4 Å². The fourth-order valence-corrected chi connectivity index (χ4v) is 1.00. The summed E-state index contributed by atoms with van der Waals surface area (Å²) in [6, 6.07) is 3.96. The lowest BCUT2D eigenvalue weighted by Crippen LogP contribution is -2.17. The second kappa shape index (κ2) is 3.89. The fourth-order valence-electron chi connectivity index (χ4n) is 1.00. The smallest absolute Gasteiger partial charge is 0.112 e. The summed E-state index contributed by atoms with van der Waals surface area (Å²) in [5.74, 6) is 2.47. The zero-order chi connectivity index (χ0) is 8.97. The van der Waals surface area contributed by atoms with Gasteiger partial charge in [-0.15, -0.1) is 6.42 Å². The summed E-state index contributed by atoms with van der Waals surface area (Å²) in [5, 5.41) is 0. The zero-order valence-electron chi connectivity index (χ0n) is 7.12. The second-order valence-corrected chi connectivity index (χ2v) is 2.88. The van der Waals surface area contributed by atoms with Crippen molar-refractivity contribution in [3.8, 4) is 12.3 Å². The number of pyridine rings is 1. The highest BCUT2D eigenvalue weighted by Gasteiger charge is 1.97. The zero-order valence-corrected chi connectivity index (χ0v) is 7.12. The van der Waals surface area contributed by atoms with E-state index in [9.17, 15) is 0 Å². The van der Waals surface area contributed by atoms with Crippen molar-refractivity contribution in [1.82, 2.24) is 4.98 Å². The van der Waals surface area contributed by atoms with Gasteiger partial charge in [-0.2, -0.15) is 0 Å². The van der Waals surface area contributed by atoms with Gasteiger partial charge in [-0.25, -0.2) is 4.98 Å². The molecule has 0 saturated heterocycles. The molecule has 2 nitrogen and oxygen atoms in total. The van der Waals surface area contributed by atoms with Crippen molar-refractivity contribution in [2.24, 2.45) is 5.73 Å². The molecule has 1 heterocycles. The fraction of sp³-hybridized carbons (Fsp3) is 0.300. The third kappa shape index (κ3) is 2.37. The average molecular weight is 160 g/mol. The molecule has 12 heavy (non-hydrogen) atoms. The first-order valence-electron chi connectivity index (χ1n) is 3.89. The minimum Gasteiger partial charge on any atom is -0.328 e. The maximum Gasteiger partial charge on any atom is 0.112 e. The van der Waals surface area contributed by atoms with Gasteiger partial charge in [0.1, 0.15) is 5.69 Å². The molecule has 0 aliphatic rings. The number of hydrogen-bond donors (Lipinski definition) is 1. The van der Waals surface area contributed by atoms with E-state index in [1.54, 1.807) is 6.20 Å². The van der Waals surface area contributed by atoms with Crippen LogP contribution in [-0.2, 0) is 6.42 Å². The van der Waals surface area contributed by atoms with Gasteiger partial charge in [-0.3, -0.25) is 0 Å². The molecule has 1 rings (SSSR count). The number of nitrogens with two attached hydrogens (primary N) is 1. The summed E-state index contributed by atoms with van der Waals surface area (Å²) in [4.78, 5) is 4.06. The largest absolute Gasteiger partial charge is 0.328 e. The third-order valence-corrected chi connectivity index (χ3v) is 1.53. The average Bonchev–Trinajstić information content (AvgIpc) is 2.05. The Morgan fingerprint density at radius 3 is 2.83 bits per heavy atom. The van der Waals surface area contributed by atoms with E-state index >= 15 is 0 Å². The molecule has 1 unspecified atom stereocenters. The molecule has 0 saturated carbocycles. The Morgan fingerprint density at radius 1 is 1.67 bits per heavy atom. The van der Waals surface area contributed by atoms with E-state index in [2.05, 4.69) is 10.9 Å². The third-order valence-electron chi connectivity index (χ3n) is 1.53. The molecular formula is C10H12N2. The number of aromatic nitrogens is 1. The van der Waals surface area contributed by atoms with Crippen molar-refractivity contribution in [3.05, 3.63) is 29.6 Å². The van der Waals surface area contributed by atoms with Crippen molar-refractivity contribution in [1.29, 1.82) is 0 Å². The Morgan fingerprint density at radius 2 is 2.42 bits per heavy atom. The van der Waals surface area contributed by atoms with E-state index in [-0.39, 0.29) is 6.04 Å². The van der Waals surface area contributed by atoms with Crippen LogP contribution in [0.5, 0.6) is 0 Å². The van der Waals surface area contributed by atoms with Gasteiger partial charge < -0.3 is 5.73 Å². The Kier molecular flexibility index (Phi) is 2.84. The van der Waals surface area contributed by atoms with Crippen LogP contribution in [0, 0.1) is 12.3 Å². The van der Waals surface area contributed by atoms with Gasteiger partial charge in [0.25, 0.3) is 0 Å². The van der Waals surface area contributed by atoms with Crippen LogP contribution in [0.25, 0.3) is 0 Å². The van der Waals surface area contributed by atoms with Crippen molar-refractivity contribution >= 4 is 0 Å². The number of terminal acetylenes is 1. The molecule has 1 aromatic rings. The molecule has 0 aromatic carbocycles. The van der Waals surface area contributed by atoms with Gasteiger partial charge in [0.2, 0.25) is 0 Å². The first-order chi connectivity index (χ1) is 5.72. The lowest BCUT2D eigenvalue weighted by molar-refractivity contribution is 0.735. The number of rotatable bonds is 2. The van der Waals surface area contributed by atoms with Crippen LogP contribution in [0.1, 0.15) is 18.2 Å². The Labute approximate surface area is 72.8 Å². The number of nitrogens with zero attached hydrogens (tertiary/aromatic N) is 1. The molecule has 0 bridgehead atoms. The Hall–Kier alpha value is -1.33. The molecule has 0 aliphatic carbocycles. The van der Waals surface area contributed by atoms with E-state index in [0.29, 0.717) is 5.69 Å². The summed E-state index contributed by atoms with van der Waals surface area (Å²) in [7, 11) is 0. The quantitative estimate of drug-likeness (QED) is 0.654. The van der Waals surface area contributed by atoms with Crippen LogP contribution in [-0.4, -0.2) is 11.0 Å².